The molecule has 1 N–H and O–H groups in total. The lowest BCUT2D eigenvalue weighted by Crippen LogP contribution is -2.40. The molecule has 0 atom stereocenters. The minimum atomic E-state index is -0.0735. The number of ether oxygens (including phenoxy) is 2. The fourth-order valence-electron chi connectivity index (χ4n) is 5.74. The summed E-state index contributed by atoms with van der Waals surface area (Å²) < 4.78 is 11.4. The first-order valence-corrected chi connectivity index (χ1v) is 14.2. The molecule has 0 spiro atoms. The second kappa shape index (κ2) is 12.1. The van der Waals surface area contributed by atoms with Crippen molar-refractivity contribution in [3.8, 4) is 5.75 Å². The average molecular weight is 532 g/mol. The smallest absolute Gasteiger partial charge is 0.321 e. The van der Waals surface area contributed by atoms with Crippen molar-refractivity contribution in [2.45, 2.75) is 31.6 Å². The standard InChI is InChI=1S/C29H37N7O3/c37-29(33-23-3-6-27(30-20-23)35-9-1-2-10-35)36-11-7-22(8-12-36)28-25-5-4-24(19-26(25)31-21-32-28)39-18-15-34-13-16-38-17-14-34/h3-6,19-22H,1-2,7-18H2,(H,33,37). The molecule has 0 bridgehead atoms. The summed E-state index contributed by atoms with van der Waals surface area (Å²) in [5, 5.41) is 4.07. The molecule has 6 rings (SSSR count). The molecule has 10 nitrogen and oxygen atoms in total. The third-order valence-corrected chi connectivity index (χ3v) is 8.02. The maximum absolute atomic E-state index is 12.9. The van der Waals surface area contributed by atoms with E-state index in [0.29, 0.717) is 19.7 Å². The van der Waals surface area contributed by atoms with Gasteiger partial charge in [0.05, 0.1) is 36.3 Å². The molecule has 1 aromatic carbocycles. The number of nitrogens with zero attached hydrogens (tertiary/aromatic N) is 6. The molecule has 2 amide bonds. The molecule has 3 aliphatic heterocycles. The van der Waals surface area contributed by atoms with Crippen LogP contribution in [0.2, 0.25) is 0 Å². The van der Waals surface area contributed by atoms with Crippen molar-refractivity contribution in [1.29, 1.82) is 0 Å². The number of aromatic nitrogens is 3. The zero-order valence-electron chi connectivity index (χ0n) is 22.4. The molecule has 10 heteroatoms. The lowest BCUT2D eigenvalue weighted by molar-refractivity contribution is 0.0322. The minimum absolute atomic E-state index is 0.0735. The molecular formula is C29H37N7O3. The zero-order valence-corrected chi connectivity index (χ0v) is 22.4. The highest BCUT2D eigenvalue weighted by Crippen LogP contribution is 2.32. The molecular weight excluding hydrogens is 494 g/mol. The van der Waals surface area contributed by atoms with Crippen LogP contribution in [0.3, 0.4) is 0 Å². The van der Waals surface area contributed by atoms with Crippen LogP contribution in [-0.4, -0.2) is 96.4 Å². The third-order valence-electron chi connectivity index (χ3n) is 8.02. The summed E-state index contributed by atoms with van der Waals surface area (Å²) in [7, 11) is 0. The summed E-state index contributed by atoms with van der Waals surface area (Å²) in [6.45, 7) is 8.52. The number of pyridine rings is 1. The molecule has 0 saturated carbocycles. The van der Waals surface area contributed by atoms with Gasteiger partial charge in [0, 0.05) is 63.2 Å². The fourth-order valence-corrected chi connectivity index (χ4v) is 5.74. The van der Waals surface area contributed by atoms with Crippen LogP contribution < -0.4 is 15.0 Å². The summed E-state index contributed by atoms with van der Waals surface area (Å²) in [5.41, 5.74) is 2.69. The van der Waals surface area contributed by atoms with Crippen molar-refractivity contribution in [2.75, 3.05) is 75.9 Å². The van der Waals surface area contributed by atoms with Gasteiger partial charge >= 0.3 is 6.03 Å². The number of likely N-dealkylation sites (tertiary alicyclic amines) is 1. The number of carbonyl (C=O) groups is 1. The summed E-state index contributed by atoms with van der Waals surface area (Å²) >= 11 is 0. The van der Waals surface area contributed by atoms with Crippen molar-refractivity contribution in [3.63, 3.8) is 0 Å². The van der Waals surface area contributed by atoms with E-state index < -0.39 is 0 Å². The van der Waals surface area contributed by atoms with E-state index in [0.717, 1.165) is 92.6 Å². The number of morpholine rings is 1. The van der Waals surface area contributed by atoms with Gasteiger partial charge in [-0.15, -0.1) is 0 Å². The van der Waals surface area contributed by atoms with Gasteiger partial charge in [-0.05, 0) is 49.9 Å². The Morgan fingerprint density at radius 2 is 1.79 bits per heavy atom. The number of rotatable bonds is 7. The molecule has 5 heterocycles. The highest BCUT2D eigenvalue weighted by molar-refractivity contribution is 5.89. The topological polar surface area (TPSA) is 96.0 Å². The van der Waals surface area contributed by atoms with E-state index in [1.54, 1.807) is 12.5 Å². The van der Waals surface area contributed by atoms with E-state index in [4.69, 9.17) is 9.47 Å². The molecule has 3 aromatic rings. The first-order chi connectivity index (χ1) is 19.2. The first-order valence-electron chi connectivity index (χ1n) is 14.2. The Labute approximate surface area is 229 Å². The first kappa shape index (κ1) is 25.8. The van der Waals surface area contributed by atoms with Crippen LogP contribution >= 0.6 is 0 Å². The Kier molecular flexibility index (Phi) is 8.01. The van der Waals surface area contributed by atoms with Gasteiger partial charge < -0.3 is 24.6 Å². The molecule has 39 heavy (non-hydrogen) atoms. The van der Waals surface area contributed by atoms with E-state index in [1.165, 1.54) is 12.8 Å². The number of carbonyl (C=O) groups excluding carboxylic acids is 1. The molecule has 3 saturated heterocycles. The lowest BCUT2D eigenvalue weighted by Gasteiger charge is -2.32. The lowest BCUT2D eigenvalue weighted by atomic mass is 9.91. The Bertz CT molecular complexity index is 1250. The minimum Gasteiger partial charge on any atom is -0.492 e. The van der Waals surface area contributed by atoms with Gasteiger partial charge in [-0.25, -0.2) is 19.7 Å². The average Bonchev–Trinajstić information content (AvgIpc) is 3.53. The summed E-state index contributed by atoms with van der Waals surface area (Å²) in [5.74, 6) is 2.10. The van der Waals surface area contributed by atoms with Crippen molar-refractivity contribution < 1.29 is 14.3 Å². The van der Waals surface area contributed by atoms with Crippen LogP contribution in [0.25, 0.3) is 10.9 Å². The maximum atomic E-state index is 12.9. The summed E-state index contributed by atoms with van der Waals surface area (Å²) in [6.07, 6.45) is 7.56. The molecule has 206 valence electrons. The van der Waals surface area contributed by atoms with Crippen molar-refractivity contribution >= 4 is 28.4 Å². The zero-order chi connectivity index (χ0) is 26.4. The Morgan fingerprint density at radius 1 is 0.974 bits per heavy atom. The molecule has 0 radical (unpaired) electrons. The van der Waals surface area contributed by atoms with Crippen LogP contribution in [0.1, 0.15) is 37.3 Å². The van der Waals surface area contributed by atoms with Crippen molar-refractivity contribution in [2.24, 2.45) is 0 Å². The second-order valence-corrected chi connectivity index (χ2v) is 10.5. The predicted molar refractivity (Wildman–Crippen MR) is 151 cm³/mol. The van der Waals surface area contributed by atoms with Gasteiger partial charge in [-0.2, -0.15) is 0 Å². The van der Waals surface area contributed by atoms with Gasteiger partial charge in [0.1, 0.15) is 24.5 Å². The predicted octanol–water partition coefficient (Wildman–Crippen LogP) is 3.75. The second-order valence-electron chi connectivity index (χ2n) is 10.5. The van der Waals surface area contributed by atoms with Gasteiger partial charge in [0.15, 0.2) is 0 Å². The number of amides is 2. The normalized spacial score (nSPS) is 19.0. The van der Waals surface area contributed by atoms with Crippen LogP contribution in [0.5, 0.6) is 5.75 Å². The number of nitrogens with one attached hydrogen (secondary N) is 1. The molecule has 2 aromatic heterocycles. The summed E-state index contributed by atoms with van der Waals surface area (Å²) in [4.78, 5) is 33.2. The van der Waals surface area contributed by atoms with E-state index in [1.807, 2.05) is 29.2 Å². The van der Waals surface area contributed by atoms with Crippen LogP contribution in [-0.2, 0) is 4.74 Å². The molecule has 3 fully saturated rings. The largest absolute Gasteiger partial charge is 0.492 e. The third kappa shape index (κ3) is 6.23. The van der Waals surface area contributed by atoms with E-state index in [2.05, 4.69) is 36.1 Å². The number of fused-ring (bicyclic) bond motifs is 1. The number of piperidine rings is 1. The number of hydrogen-bond acceptors (Lipinski definition) is 8. The molecule has 3 aliphatic rings. The van der Waals surface area contributed by atoms with E-state index in [9.17, 15) is 4.79 Å². The van der Waals surface area contributed by atoms with Crippen LogP contribution in [0.4, 0.5) is 16.3 Å². The monoisotopic (exact) mass is 531 g/mol. The van der Waals surface area contributed by atoms with Crippen LogP contribution in [0, 0.1) is 0 Å². The van der Waals surface area contributed by atoms with Gasteiger partial charge in [-0.1, -0.05) is 0 Å². The SMILES string of the molecule is O=C(Nc1ccc(N2CCCC2)nc1)N1CCC(c2ncnc3cc(OCCN4CCOCC4)ccc23)CC1. The summed E-state index contributed by atoms with van der Waals surface area (Å²) in [6, 6.07) is 9.96. The number of urea groups is 1. The Hall–Kier alpha value is -3.50. The van der Waals surface area contributed by atoms with Gasteiger partial charge in [0.25, 0.3) is 0 Å². The Morgan fingerprint density at radius 3 is 2.56 bits per heavy atom. The Balaban J connectivity index is 1.02. The number of hydrogen-bond donors (Lipinski definition) is 1. The van der Waals surface area contributed by atoms with Crippen molar-refractivity contribution in [1.82, 2.24) is 24.8 Å². The molecule has 0 unspecified atom stereocenters. The quantitative estimate of drug-likeness (QED) is 0.493. The van der Waals surface area contributed by atoms with Gasteiger partial charge in [-0.3, -0.25) is 4.90 Å². The highest BCUT2D eigenvalue weighted by atomic mass is 16.5. The van der Waals surface area contributed by atoms with E-state index in [-0.39, 0.29) is 11.9 Å². The van der Waals surface area contributed by atoms with Crippen LogP contribution in [0.15, 0.2) is 42.9 Å². The van der Waals surface area contributed by atoms with Crippen molar-refractivity contribution in [3.05, 3.63) is 48.5 Å². The maximum Gasteiger partial charge on any atom is 0.321 e. The highest BCUT2D eigenvalue weighted by Gasteiger charge is 2.26. The number of anilines is 2. The molecule has 0 aliphatic carbocycles. The number of benzene rings is 1. The van der Waals surface area contributed by atoms with E-state index >= 15 is 0 Å². The van der Waals surface area contributed by atoms with Gasteiger partial charge in [0.2, 0.25) is 0 Å². The fraction of sp³-hybridized carbons (Fsp3) is 0.517.